The highest BCUT2D eigenvalue weighted by Crippen LogP contribution is 2.60. The molecule has 3 aliphatic carbocycles. The number of likely N-dealkylation sites (tertiary alicyclic amines) is 1. The Morgan fingerprint density at radius 1 is 1.03 bits per heavy atom. The molecule has 3 saturated carbocycles. The smallest absolute Gasteiger partial charge is 0.0764 e. The van der Waals surface area contributed by atoms with E-state index in [2.05, 4.69) is 89.4 Å². The minimum absolute atomic E-state index is 0.316. The molecule has 0 spiro atoms. The first kappa shape index (κ1) is 22.9. The molecule has 2 bridgehead atoms. The second-order valence-electron chi connectivity index (χ2n) is 12.5. The molecule has 36 heavy (non-hydrogen) atoms. The van der Waals surface area contributed by atoms with E-state index in [1.165, 1.54) is 72.9 Å². The highest BCUT2D eigenvalue weighted by atomic mass is 15.3. The topological polar surface area (TPSA) is 34.3 Å². The van der Waals surface area contributed by atoms with Gasteiger partial charge in [-0.2, -0.15) is 0 Å². The van der Waals surface area contributed by atoms with Gasteiger partial charge in [0.05, 0.1) is 6.04 Å². The zero-order valence-corrected chi connectivity index (χ0v) is 22.3. The number of aromatic amines is 1. The first-order valence-electron chi connectivity index (χ1n) is 14.5. The minimum Gasteiger partial charge on any atom is -0.381 e. The normalized spacial score (nSPS) is 34.1. The average Bonchev–Trinajstić information content (AvgIpc) is 3.62. The fourth-order valence-electron chi connectivity index (χ4n) is 8.57. The summed E-state index contributed by atoms with van der Waals surface area (Å²) < 4.78 is 0. The monoisotopic (exact) mass is 482 g/mol. The molecule has 190 valence electrons. The number of nitrogens with one attached hydrogen (secondary N) is 2. The molecule has 0 radical (unpaired) electrons. The molecule has 4 atom stereocenters. The predicted octanol–water partition coefficient (Wildman–Crippen LogP) is 6.73. The van der Waals surface area contributed by atoms with Crippen molar-refractivity contribution in [2.24, 2.45) is 5.92 Å². The summed E-state index contributed by atoms with van der Waals surface area (Å²) in [5.41, 5.74) is 7.40. The second kappa shape index (κ2) is 8.63. The van der Waals surface area contributed by atoms with Gasteiger partial charge >= 0.3 is 0 Å². The van der Waals surface area contributed by atoms with E-state index in [1.807, 2.05) is 0 Å². The van der Waals surface area contributed by atoms with Crippen LogP contribution in [-0.2, 0) is 6.42 Å². The van der Waals surface area contributed by atoms with E-state index in [0.717, 1.165) is 18.9 Å². The van der Waals surface area contributed by atoms with Crippen LogP contribution in [0.5, 0.6) is 0 Å². The standard InChI is InChI=1S/C32H42N4/c1-4-15-35-20-26(16-21(35)2)33-25-11-9-24(10-12-25)31-30-28(27-7-5-6-8-29(27)34-30)17-22(3)36(31)32-14-13-23(18-32)19-32/h5-12,21-23,26,31,33-34H,4,13-20H2,1-3H3/t21-,22+,23?,26-,31+,32?/m0/s1. The SMILES string of the molecule is CCCN1C[C@@H](Nc2ccc([C@@H]3c4[nH]c5ccccc5c4C[C@@H](C)N3C34CCC(C3)C4)cc2)C[C@@H]1C. The van der Waals surface area contributed by atoms with Gasteiger partial charge < -0.3 is 10.3 Å². The van der Waals surface area contributed by atoms with Crippen LogP contribution in [-0.4, -0.2) is 51.5 Å². The maximum atomic E-state index is 3.91. The lowest BCUT2D eigenvalue weighted by Gasteiger charge is -2.55. The van der Waals surface area contributed by atoms with Gasteiger partial charge in [0.15, 0.2) is 0 Å². The molecule has 5 aliphatic rings. The van der Waals surface area contributed by atoms with Crippen LogP contribution in [0.25, 0.3) is 10.9 Å². The molecule has 0 amide bonds. The zero-order valence-electron chi connectivity index (χ0n) is 22.3. The Bertz CT molecular complexity index is 1230. The fraction of sp³-hybridized carbons (Fsp3) is 0.562. The van der Waals surface area contributed by atoms with Crippen molar-refractivity contribution in [1.29, 1.82) is 0 Å². The van der Waals surface area contributed by atoms with Crippen molar-refractivity contribution >= 4 is 16.6 Å². The van der Waals surface area contributed by atoms with Gasteiger partial charge in [-0.15, -0.1) is 0 Å². The van der Waals surface area contributed by atoms with Crippen LogP contribution in [0, 0.1) is 5.92 Å². The zero-order chi connectivity index (χ0) is 24.4. The van der Waals surface area contributed by atoms with Crippen molar-refractivity contribution in [1.82, 2.24) is 14.8 Å². The average molecular weight is 483 g/mol. The molecule has 4 fully saturated rings. The summed E-state index contributed by atoms with van der Waals surface area (Å²) in [7, 11) is 0. The number of hydrogen-bond donors (Lipinski definition) is 2. The molecule has 3 heterocycles. The molecule has 3 aromatic rings. The molecule has 2 aromatic carbocycles. The number of H-pyrrole nitrogens is 1. The van der Waals surface area contributed by atoms with Gasteiger partial charge in [-0.1, -0.05) is 37.3 Å². The van der Waals surface area contributed by atoms with Gasteiger partial charge in [0.1, 0.15) is 0 Å². The summed E-state index contributed by atoms with van der Waals surface area (Å²) in [5, 5.41) is 5.28. The van der Waals surface area contributed by atoms with E-state index >= 15 is 0 Å². The summed E-state index contributed by atoms with van der Waals surface area (Å²) in [4.78, 5) is 9.48. The largest absolute Gasteiger partial charge is 0.381 e. The van der Waals surface area contributed by atoms with Gasteiger partial charge in [0.25, 0.3) is 0 Å². The van der Waals surface area contributed by atoms with Gasteiger partial charge in [-0.25, -0.2) is 0 Å². The van der Waals surface area contributed by atoms with Gasteiger partial charge in [-0.05, 0) is 101 Å². The molecule has 4 nitrogen and oxygen atoms in total. The van der Waals surface area contributed by atoms with E-state index in [9.17, 15) is 0 Å². The Morgan fingerprint density at radius 3 is 2.58 bits per heavy atom. The summed E-state index contributed by atoms with van der Waals surface area (Å²) in [5.74, 6) is 0.967. The Labute approximate surface area is 216 Å². The molecular formula is C32H42N4. The van der Waals surface area contributed by atoms with Crippen LogP contribution >= 0.6 is 0 Å². The predicted molar refractivity (Wildman–Crippen MR) is 150 cm³/mol. The van der Waals surface area contributed by atoms with Crippen molar-refractivity contribution in [3.63, 3.8) is 0 Å². The number of hydrogen-bond acceptors (Lipinski definition) is 3. The maximum Gasteiger partial charge on any atom is 0.0764 e. The Hall–Kier alpha value is -2.30. The quantitative estimate of drug-likeness (QED) is 0.409. The van der Waals surface area contributed by atoms with Crippen LogP contribution in [0.15, 0.2) is 48.5 Å². The van der Waals surface area contributed by atoms with Gasteiger partial charge in [0, 0.05) is 52.5 Å². The van der Waals surface area contributed by atoms with Crippen molar-refractivity contribution in [2.75, 3.05) is 18.4 Å². The van der Waals surface area contributed by atoms with E-state index in [4.69, 9.17) is 0 Å². The van der Waals surface area contributed by atoms with Crippen LogP contribution in [0.3, 0.4) is 0 Å². The van der Waals surface area contributed by atoms with E-state index in [-0.39, 0.29) is 0 Å². The lowest BCUT2D eigenvalue weighted by Crippen LogP contribution is -2.59. The first-order chi connectivity index (χ1) is 17.5. The van der Waals surface area contributed by atoms with Gasteiger partial charge in [0.2, 0.25) is 0 Å². The number of aromatic nitrogens is 1. The third kappa shape index (κ3) is 3.55. The number of anilines is 1. The summed E-state index contributed by atoms with van der Waals surface area (Å²) >= 11 is 0. The maximum absolute atomic E-state index is 3.91. The number of para-hydroxylation sites is 1. The Balaban J connectivity index is 1.22. The Kier molecular flexibility index (Phi) is 5.48. The molecule has 0 unspecified atom stereocenters. The lowest BCUT2D eigenvalue weighted by molar-refractivity contribution is -0.0339. The third-order valence-electron chi connectivity index (χ3n) is 10.1. The molecule has 1 aromatic heterocycles. The molecule has 2 N–H and O–H groups in total. The highest BCUT2D eigenvalue weighted by molar-refractivity contribution is 5.85. The number of fused-ring (bicyclic) bond motifs is 4. The van der Waals surface area contributed by atoms with Gasteiger partial charge in [-0.3, -0.25) is 9.80 Å². The Morgan fingerprint density at radius 2 is 1.83 bits per heavy atom. The molecular weight excluding hydrogens is 440 g/mol. The van der Waals surface area contributed by atoms with E-state index < -0.39 is 0 Å². The minimum atomic E-state index is 0.316. The van der Waals surface area contributed by atoms with Crippen LogP contribution in [0.4, 0.5) is 5.69 Å². The van der Waals surface area contributed by atoms with Crippen molar-refractivity contribution in [3.05, 3.63) is 65.4 Å². The summed E-state index contributed by atoms with van der Waals surface area (Å²) in [6, 6.07) is 20.5. The number of rotatable bonds is 6. The van der Waals surface area contributed by atoms with Crippen LogP contribution < -0.4 is 5.32 Å². The van der Waals surface area contributed by atoms with Crippen molar-refractivity contribution < 1.29 is 0 Å². The molecule has 1 saturated heterocycles. The molecule has 8 rings (SSSR count). The summed E-state index contributed by atoms with van der Waals surface area (Å²) in [6.07, 6.45) is 9.22. The van der Waals surface area contributed by atoms with Crippen molar-refractivity contribution in [2.45, 2.75) is 95.4 Å². The lowest BCUT2D eigenvalue weighted by atomic mass is 9.72. The summed E-state index contributed by atoms with van der Waals surface area (Å²) in [6.45, 7) is 9.52. The van der Waals surface area contributed by atoms with Crippen LogP contribution in [0.1, 0.15) is 82.2 Å². The first-order valence-corrected chi connectivity index (χ1v) is 14.5. The van der Waals surface area contributed by atoms with E-state index in [0.29, 0.717) is 29.7 Å². The second-order valence-corrected chi connectivity index (χ2v) is 12.5. The third-order valence-corrected chi connectivity index (χ3v) is 10.1. The highest BCUT2D eigenvalue weighted by Gasteiger charge is 2.58. The molecule has 4 heteroatoms. The van der Waals surface area contributed by atoms with Crippen molar-refractivity contribution in [3.8, 4) is 0 Å². The van der Waals surface area contributed by atoms with Crippen LogP contribution in [0.2, 0.25) is 0 Å². The van der Waals surface area contributed by atoms with E-state index in [1.54, 1.807) is 5.56 Å². The molecule has 2 aliphatic heterocycles. The number of benzene rings is 2. The number of nitrogens with zero attached hydrogens (tertiary/aromatic N) is 2. The fourth-order valence-corrected chi connectivity index (χ4v) is 8.57.